The number of rotatable bonds is 10. The highest BCUT2D eigenvalue weighted by atomic mass is 16.4. The molecule has 0 aliphatic rings. The van der Waals surface area contributed by atoms with Crippen molar-refractivity contribution < 1.29 is 29.4 Å². The lowest BCUT2D eigenvalue weighted by molar-refractivity contribution is -0.139. The van der Waals surface area contributed by atoms with Crippen LogP contribution in [0.4, 0.5) is 0 Å². The Morgan fingerprint density at radius 2 is 1.62 bits per heavy atom. The van der Waals surface area contributed by atoms with Crippen molar-refractivity contribution in [1.29, 1.82) is 0 Å². The third-order valence-corrected chi connectivity index (χ3v) is 3.44. The number of carboxylic acid groups (broad SMARTS) is 1. The Balaban J connectivity index is 4.96. The lowest BCUT2D eigenvalue weighted by Gasteiger charge is -2.26. The van der Waals surface area contributed by atoms with Crippen molar-refractivity contribution in [2.75, 3.05) is 13.2 Å². The second kappa shape index (κ2) is 10.6. The molecule has 0 aliphatic heterocycles. The smallest absolute Gasteiger partial charge is 0.322 e. The van der Waals surface area contributed by atoms with Crippen LogP contribution in [-0.2, 0) is 19.2 Å². The number of nitrogens with two attached hydrogens (primary N) is 1. The van der Waals surface area contributed by atoms with Gasteiger partial charge in [-0.15, -0.1) is 0 Å². The molecule has 0 radical (unpaired) electrons. The van der Waals surface area contributed by atoms with E-state index in [1.807, 2.05) is 6.92 Å². The quantitative estimate of drug-likeness (QED) is 0.255. The van der Waals surface area contributed by atoms with Crippen molar-refractivity contribution in [3.05, 3.63) is 0 Å². The lowest BCUT2D eigenvalue weighted by Crippen LogP contribution is -2.58. The zero-order chi connectivity index (χ0) is 18.9. The molecule has 0 aliphatic carbocycles. The first-order valence-corrected chi connectivity index (χ1v) is 7.60. The van der Waals surface area contributed by atoms with E-state index in [4.69, 9.17) is 10.8 Å². The minimum atomic E-state index is -1.32. The number of aliphatic carboxylic acids is 1. The number of hydrogen-bond donors (Lipinski definition) is 6. The fourth-order valence-electron chi connectivity index (χ4n) is 1.73. The van der Waals surface area contributed by atoms with Crippen LogP contribution in [0.1, 0.15) is 27.2 Å². The van der Waals surface area contributed by atoms with Gasteiger partial charge in [-0.2, -0.15) is 0 Å². The molecule has 0 aromatic heterocycles. The van der Waals surface area contributed by atoms with Gasteiger partial charge >= 0.3 is 5.97 Å². The third kappa shape index (κ3) is 7.38. The first-order valence-electron chi connectivity index (χ1n) is 7.60. The van der Waals surface area contributed by atoms with Gasteiger partial charge in [0.25, 0.3) is 0 Å². The molecule has 0 saturated carbocycles. The van der Waals surface area contributed by atoms with Crippen LogP contribution in [0, 0.1) is 5.92 Å². The molecule has 0 aromatic carbocycles. The molecule has 3 amide bonds. The van der Waals surface area contributed by atoms with E-state index >= 15 is 0 Å². The molecule has 0 spiro atoms. The predicted octanol–water partition coefficient (Wildman–Crippen LogP) is -2.46. The molecule has 138 valence electrons. The topological polar surface area (TPSA) is 171 Å². The number of hydrogen-bond acceptors (Lipinski definition) is 6. The van der Waals surface area contributed by atoms with Crippen LogP contribution < -0.4 is 21.7 Å². The van der Waals surface area contributed by atoms with Gasteiger partial charge in [0.1, 0.15) is 18.6 Å². The molecule has 0 heterocycles. The minimum absolute atomic E-state index is 0.242. The van der Waals surface area contributed by atoms with Crippen molar-refractivity contribution in [1.82, 2.24) is 16.0 Å². The SMILES string of the molecule is CCC(C)C(NC(=O)C(C)N)C(=O)NC(CO)C(=O)NCC(=O)O. The minimum Gasteiger partial charge on any atom is -0.480 e. The molecule has 10 heteroatoms. The van der Waals surface area contributed by atoms with Gasteiger partial charge < -0.3 is 31.9 Å². The molecular weight excluding hydrogens is 320 g/mol. The summed E-state index contributed by atoms with van der Waals surface area (Å²) in [4.78, 5) is 46.3. The second-order valence-corrected chi connectivity index (χ2v) is 5.52. The molecule has 0 fully saturated rings. The first kappa shape index (κ1) is 21.8. The maximum absolute atomic E-state index is 12.3. The maximum Gasteiger partial charge on any atom is 0.322 e. The van der Waals surface area contributed by atoms with Gasteiger partial charge in [-0.3, -0.25) is 19.2 Å². The molecule has 0 saturated heterocycles. The molecule has 4 unspecified atom stereocenters. The predicted molar refractivity (Wildman–Crippen MR) is 84.7 cm³/mol. The number of carbonyl (C=O) groups is 4. The van der Waals surface area contributed by atoms with Crippen molar-refractivity contribution in [3.8, 4) is 0 Å². The van der Waals surface area contributed by atoms with Crippen LogP contribution in [0.25, 0.3) is 0 Å². The van der Waals surface area contributed by atoms with Gasteiger partial charge in [-0.05, 0) is 12.8 Å². The number of nitrogens with one attached hydrogen (secondary N) is 3. The largest absolute Gasteiger partial charge is 0.480 e. The summed E-state index contributed by atoms with van der Waals surface area (Å²) in [6.07, 6.45) is 0.576. The van der Waals surface area contributed by atoms with E-state index in [1.165, 1.54) is 6.92 Å². The molecule has 10 nitrogen and oxygen atoms in total. The zero-order valence-electron chi connectivity index (χ0n) is 14.0. The Labute approximate surface area is 140 Å². The summed E-state index contributed by atoms with van der Waals surface area (Å²) in [6.45, 7) is 3.68. The standard InChI is InChI=1S/C14H26N4O6/c1-4-7(2)11(18-12(22)8(3)15)14(24)17-9(6-19)13(23)16-5-10(20)21/h7-9,11,19H,4-6,15H2,1-3H3,(H,16,23)(H,17,24)(H,18,22)(H,20,21). The summed E-state index contributed by atoms with van der Waals surface area (Å²) in [5, 5.41) is 24.6. The van der Waals surface area contributed by atoms with Crippen molar-refractivity contribution in [3.63, 3.8) is 0 Å². The highest BCUT2D eigenvalue weighted by Gasteiger charge is 2.30. The van der Waals surface area contributed by atoms with Gasteiger partial charge in [-0.1, -0.05) is 20.3 Å². The first-order chi connectivity index (χ1) is 11.1. The van der Waals surface area contributed by atoms with E-state index in [0.717, 1.165) is 0 Å². The molecular formula is C14H26N4O6. The average Bonchev–Trinajstić information content (AvgIpc) is 2.53. The normalized spacial score (nSPS) is 15.5. The summed E-state index contributed by atoms with van der Waals surface area (Å²) in [6, 6.07) is -3.07. The highest BCUT2D eigenvalue weighted by Crippen LogP contribution is 2.08. The van der Waals surface area contributed by atoms with E-state index in [2.05, 4.69) is 16.0 Å². The van der Waals surface area contributed by atoms with Gasteiger partial charge in [0.2, 0.25) is 17.7 Å². The van der Waals surface area contributed by atoms with Gasteiger partial charge in [0, 0.05) is 0 Å². The van der Waals surface area contributed by atoms with Crippen LogP contribution in [0.3, 0.4) is 0 Å². The van der Waals surface area contributed by atoms with Crippen LogP contribution >= 0.6 is 0 Å². The summed E-state index contributed by atoms with van der Waals surface area (Å²) < 4.78 is 0. The fourth-order valence-corrected chi connectivity index (χ4v) is 1.73. The molecule has 7 N–H and O–H groups in total. The average molecular weight is 346 g/mol. The van der Waals surface area contributed by atoms with Gasteiger partial charge in [0.15, 0.2) is 0 Å². The summed E-state index contributed by atoms with van der Waals surface area (Å²) >= 11 is 0. The number of carboxylic acids is 1. The van der Waals surface area contributed by atoms with Crippen molar-refractivity contribution >= 4 is 23.7 Å². The van der Waals surface area contributed by atoms with Crippen LogP contribution in [0.2, 0.25) is 0 Å². The van der Waals surface area contributed by atoms with Crippen LogP contribution in [0.15, 0.2) is 0 Å². The number of aliphatic hydroxyl groups is 1. The maximum atomic E-state index is 12.3. The van der Waals surface area contributed by atoms with Crippen molar-refractivity contribution in [2.45, 2.75) is 45.3 Å². The second-order valence-electron chi connectivity index (χ2n) is 5.52. The summed E-state index contributed by atoms with van der Waals surface area (Å²) in [7, 11) is 0. The Morgan fingerprint density at radius 3 is 2.04 bits per heavy atom. The summed E-state index contributed by atoms with van der Waals surface area (Å²) in [5.41, 5.74) is 5.47. The molecule has 24 heavy (non-hydrogen) atoms. The van der Waals surface area contributed by atoms with Gasteiger partial charge in [0.05, 0.1) is 12.6 Å². The Morgan fingerprint density at radius 1 is 1.04 bits per heavy atom. The van der Waals surface area contributed by atoms with Crippen molar-refractivity contribution in [2.24, 2.45) is 11.7 Å². The fraction of sp³-hybridized carbons (Fsp3) is 0.714. The number of amides is 3. The molecule has 0 rings (SSSR count). The van der Waals surface area contributed by atoms with Crippen LogP contribution in [-0.4, -0.2) is 65.2 Å². The van der Waals surface area contributed by atoms with Crippen LogP contribution in [0.5, 0.6) is 0 Å². The number of carbonyl (C=O) groups excluding carboxylic acids is 3. The van der Waals surface area contributed by atoms with E-state index in [9.17, 15) is 24.3 Å². The molecule has 4 atom stereocenters. The Bertz CT molecular complexity index is 468. The number of aliphatic hydroxyl groups excluding tert-OH is 1. The van der Waals surface area contributed by atoms with E-state index in [1.54, 1.807) is 6.92 Å². The molecule has 0 bridgehead atoms. The summed E-state index contributed by atoms with van der Waals surface area (Å²) in [5.74, 6) is -3.52. The monoisotopic (exact) mass is 346 g/mol. The highest BCUT2D eigenvalue weighted by molar-refractivity contribution is 5.93. The van der Waals surface area contributed by atoms with E-state index < -0.39 is 55.0 Å². The van der Waals surface area contributed by atoms with E-state index in [-0.39, 0.29) is 5.92 Å². The van der Waals surface area contributed by atoms with E-state index in [0.29, 0.717) is 6.42 Å². The zero-order valence-corrected chi connectivity index (χ0v) is 14.0. The lowest BCUT2D eigenvalue weighted by atomic mass is 9.97. The molecule has 0 aromatic rings. The Kier molecular flexibility index (Phi) is 9.58. The third-order valence-electron chi connectivity index (χ3n) is 3.44. The van der Waals surface area contributed by atoms with Gasteiger partial charge in [-0.25, -0.2) is 0 Å². The Hall–Kier alpha value is -2.20.